The second kappa shape index (κ2) is 12.1. The van der Waals surface area contributed by atoms with Crippen LogP contribution in [-0.2, 0) is 4.79 Å². The van der Waals surface area contributed by atoms with Crippen molar-refractivity contribution >= 4 is 17.7 Å². The van der Waals surface area contributed by atoms with E-state index in [0.717, 1.165) is 12.3 Å². The molecule has 0 saturated heterocycles. The minimum atomic E-state index is 0.0449. The predicted octanol–water partition coefficient (Wildman–Crippen LogP) is 5.64. The van der Waals surface area contributed by atoms with Crippen LogP contribution >= 0.6 is 12.6 Å². The van der Waals surface area contributed by atoms with Gasteiger partial charge in [-0.15, -0.1) is 12.6 Å². The van der Waals surface area contributed by atoms with Crippen molar-refractivity contribution in [3.8, 4) is 0 Å². The van der Waals surface area contributed by atoms with Gasteiger partial charge < -0.3 is 0 Å². The summed E-state index contributed by atoms with van der Waals surface area (Å²) in [5, 5.41) is 0.0449. The second-order valence-corrected chi connectivity index (χ2v) is 6.11. The van der Waals surface area contributed by atoms with E-state index in [0.29, 0.717) is 0 Å². The van der Waals surface area contributed by atoms with Crippen molar-refractivity contribution in [2.24, 2.45) is 11.8 Å². The summed E-state index contributed by atoms with van der Waals surface area (Å²) in [4.78, 5) is 11.0. The average molecular weight is 272 g/mol. The maximum absolute atomic E-state index is 11.0. The molecule has 0 aliphatic rings. The molecular weight excluding hydrogens is 240 g/mol. The first-order valence-corrected chi connectivity index (χ1v) is 8.29. The number of hydrogen-bond acceptors (Lipinski definition) is 1. The van der Waals surface area contributed by atoms with E-state index in [4.69, 9.17) is 0 Å². The molecule has 1 atom stereocenters. The van der Waals surface area contributed by atoms with Crippen molar-refractivity contribution < 1.29 is 4.79 Å². The van der Waals surface area contributed by atoms with Gasteiger partial charge in [-0.25, -0.2) is 0 Å². The topological polar surface area (TPSA) is 17.1 Å². The SMILES string of the molecule is CCCCC(CCCC)CCCCC(C)C(=O)S. The Morgan fingerprint density at radius 1 is 0.889 bits per heavy atom. The fourth-order valence-corrected chi connectivity index (χ4v) is 2.55. The first-order valence-electron chi connectivity index (χ1n) is 7.84. The lowest BCUT2D eigenvalue weighted by molar-refractivity contribution is -0.113. The molecule has 0 saturated carbocycles. The first kappa shape index (κ1) is 18.0. The van der Waals surface area contributed by atoms with E-state index in [1.54, 1.807) is 0 Å². The summed E-state index contributed by atoms with van der Waals surface area (Å²) in [6, 6.07) is 0. The van der Waals surface area contributed by atoms with Crippen molar-refractivity contribution in [3.63, 3.8) is 0 Å². The lowest BCUT2D eigenvalue weighted by Gasteiger charge is -2.16. The fraction of sp³-hybridized carbons (Fsp3) is 0.938. The van der Waals surface area contributed by atoms with Crippen LogP contribution in [0, 0.1) is 11.8 Å². The van der Waals surface area contributed by atoms with Crippen molar-refractivity contribution in [2.75, 3.05) is 0 Å². The lowest BCUT2D eigenvalue weighted by atomic mass is 9.90. The Morgan fingerprint density at radius 2 is 1.33 bits per heavy atom. The highest BCUT2D eigenvalue weighted by Crippen LogP contribution is 2.23. The quantitative estimate of drug-likeness (QED) is 0.359. The van der Waals surface area contributed by atoms with Crippen LogP contribution in [0.1, 0.15) is 85.0 Å². The molecule has 2 heteroatoms. The molecule has 18 heavy (non-hydrogen) atoms. The maximum Gasteiger partial charge on any atom is 0.188 e. The molecule has 1 unspecified atom stereocenters. The molecule has 0 aliphatic heterocycles. The number of hydrogen-bond donors (Lipinski definition) is 1. The van der Waals surface area contributed by atoms with Gasteiger partial charge in [0.15, 0.2) is 5.12 Å². The third kappa shape index (κ3) is 9.99. The van der Waals surface area contributed by atoms with Crippen LogP contribution in [0.15, 0.2) is 0 Å². The number of carbonyl (C=O) groups excluding carboxylic acids is 1. The van der Waals surface area contributed by atoms with Crippen LogP contribution in [0.5, 0.6) is 0 Å². The molecule has 0 N–H and O–H groups in total. The van der Waals surface area contributed by atoms with Crippen molar-refractivity contribution in [1.29, 1.82) is 0 Å². The van der Waals surface area contributed by atoms with Gasteiger partial charge >= 0.3 is 0 Å². The Balaban J connectivity index is 3.70. The van der Waals surface area contributed by atoms with Gasteiger partial charge in [-0.2, -0.15) is 0 Å². The van der Waals surface area contributed by atoms with Crippen LogP contribution in [0.3, 0.4) is 0 Å². The highest BCUT2D eigenvalue weighted by Gasteiger charge is 2.10. The van der Waals surface area contributed by atoms with Crippen LogP contribution in [0.25, 0.3) is 0 Å². The highest BCUT2D eigenvalue weighted by atomic mass is 32.1. The number of thiol groups is 1. The molecule has 0 aliphatic carbocycles. The minimum Gasteiger partial charge on any atom is -0.287 e. The molecule has 1 nitrogen and oxygen atoms in total. The van der Waals surface area contributed by atoms with E-state index < -0.39 is 0 Å². The zero-order valence-corrected chi connectivity index (χ0v) is 13.5. The van der Waals surface area contributed by atoms with Gasteiger partial charge in [0.25, 0.3) is 0 Å². The summed E-state index contributed by atoms with van der Waals surface area (Å²) >= 11 is 3.89. The molecule has 0 aromatic carbocycles. The molecule has 0 heterocycles. The van der Waals surface area contributed by atoms with Gasteiger partial charge in [-0.1, -0.05) is 78.6 Å². The van der Waals surface area contributed by atoms with Crippen LogP contribution < -0.4 is 0 Å². The fourth-order valence-electron chi connectivity index (χ4n) is 2.43. The first-order chi connectivity index (χ1) is 8.61. The third-order valence-corrected chi connectivity index (χ3v) is 4.29. The Morgan fingerprint density at radius 3 is 1.78 bits per heavy atom. The smallest absolute Gasteiger partial charge is 0.188 e. The van der Waals surface area contributed by atoms with Gasteiger partial charge in [-0.3, -0.25) is 4.79 Å². The lowest BCUT2D eigenvalue weighted by Crippen LogP contribution is -2.05. The summed E-state index contributed by atoms with van der Waals surface area (Å²) in [5.41, 5.74) is 0. The summed E-state index contributed by atoms with van der Waals surface area (Å²) in [5.74, 6) is 1.06. The van der Waals surface area contributed by atoms with Crippen molar-refractivity contribution in [2.45, 2.75) is 85.0 Å². The Kier molecular flexibility index (Phi) is 12.1. The van der Waals surface area contributed by atoms with Gasteiger partial charge in [0.1, 0.15) is 0 Å². The Labute approximate surface area is 120 Å². The minimum absolute atomic E-state index is 0.0449. The van der Waals surface area contributed by atoms with E-state index in [2.05, 4.69) is 26.5 Å². The molecule has 0 radical (unpaired) electrons. The van der Waals surface area contributed by atoms with Crippen LogP contribution in [0.4, 0.5) is 0 Å². The molecule has 0 bridgehead atoms. The van der Waals surface area contributed by atoms with E-state index in [-0.39, 0.29) is 11.0 Å². The van der Waals surface area contributed by atoms with E-state index >= 15 is 0 Å². The normalized spacial score (nSPS) is 12.9. The Hall–Kier alpha value is 0.0200. The van der Waals surface area contributed by atoms with E-state index in [1.165, 1.54) is 57.8 Å². The predicted molar refractivity (Wildman–Crippen MR) is 84.2 cm³/mol. The molecule has 0 spiro atoms. The summed E-state index contributed by atoms with van der Waals surface area (Å²) in [7, 11) is 0. The molecule has 0 amide bonds. The summed E-state index contributed by atoms with van der Waals surface area (Å²) in [6.07, 6.45) is 13.0. The Bertz CT molecular complexity index is 195. The van der Waals surface area contributed by atoms with Crippen molar-refractivity contribution in [3.05, 3.63) is 0 Å². The van der Waals surface area contributed by atoms with Gasteiger partial charge in [0, 0.05) is 5.92 Å². The van der Waals surface area contributed by atoms with Crippen LogP contribution in [0.2, 0.25) is 0 Å². The third-order valence-electron chi connectivity index (χ3n) is 3.85. The zero-order valence-electron chi connectivity index (χ0n) is 12.6. The number of rotatable bonds is 12. The highest BCUT2D eigenvalue weighted by molar-refractivity contribution is 7.96. The van der Waals surface area contributed by atoms with Gasteiger partial charge in [0.05, 0.1) is 0 Å². The monoisotopic (exact) mass is 272 g/mol. The summed E-state index contributed by atoms with van der Waals surface area (Å²) < 4.78 is 0. The molecule has 0 rings (SSSR count). The standard InChI is InChI=1S/C16H32OS/c1-4-6-11-15(12-7-5-2)13-9-8-10-14(3)16(17)18/h14-15H,4-13H2,1-3H3,(H,17,18). The van der Waals surface area contributed by atoms with Gasteiger partial charge in [-0.05, 0) is 12.3 Å². The summed E-state index contributed by atoms with van der Waals surface area (Å²) in [6.45, 7) is 6.54. The molecule has 0 aromatic rings. The van der Waals surface area contributed by atoms with Crippen LogP contribution in [-0.4, -0.2) is 5.12 Å². The van der Waals surface area contributed by atoms with Gasteiger partial charge in [0.2, 0.25) is 0 Å². The van der Waals surface area contributed by atoms with E-state index in [9.17, 15) is 4.79 Å². The molecule has 0 aromatic heterocycles. The van der Waals surface area contributed by atoms with Crippen molar-refractivity contribution in [1.82, 2.24) is 0 Å². The molecule has 108 valence electrons. The largest absolute Gasteiger partial charge is 0.287 e. The molecule has 0 fully saturated rings. The number of unbranched alkanes of at least 4 members (excludes halogenated alkanes) is 3. The zero-order chi connectivity index (χ0) is 13.8. The second-order valence-electron chi connectivity index (χ2n) is 5.67. The average Bonchev–Trinajstić information content (AvgIpc) is 2.36. The van der Waals surface area contributed by atoms with E-state index in [1.807, 2.05) is 6.92 Å². The maximum atomic E-state index is 11.0. The number of carbonyl (C=O) groups is 1. The molecular formula is C16H32OS.